The second kappa shape index (κ2) is 4.34. The van der Waals surface area contributed by atoms with Gasteiger partial charge in [0, 0.05) is 32.3 Å². The van der Waals surface area contributed by atoms with Crippen molar-refractivity contribution in [1.82, 2.24) is 9.21 Å². The quantitative estimate of drug-likeness (QED) is 0.608. The zero-order chi connectivity index (χ0) is 12.5. The average molecular weight is 246 g/mol. The SMILES string of the molecule is CC1=CC(=O)N(CCS(=O)(=O)N(C)C)C1=O. The van der Waals surface area contributed by atoms with Gasteiger partial charge in [-0.05, 0) is 6.92 Å². The number of hydrogen-bond donors (Lipinski definition) is 0. The summed E-state index contributed by atoms with van der Waals surface area (Å²) >= 11 is 0. The smallest absolute Gasteiger partial charge is 0.256 e. The summed E-state index contributed by atoms with van der Waals surface area (Å²) in [6.45, 7) is 1.42. The fourth-order valence-corrected chi connectivity index (χ4v) is 2.02. The highest BCUT2D eigenvalue weighted by Gasteiger charge is 2.29. The summed E-state index contributed by atoms with van der Waals surface area (Å²) in [7, 11) is -0.568. The number of rotatable bonds is 4. The van der Waals surface area contributed by atoms with E-state index in [0.29, 0.717) is 5.57 Å². The van der Waals surface area contributed by atoms with Crippen molar-refractivity contribution in [3.05, 3.63) is 11.6 Å². The van der Waals surface area contributed by atoms with Crippen molar-refractivity contribution >= 4 is 21.8 Å². The van der Waals surface area contributed by atoms with E-state index in [1.54, 1.807) is 0 Å². The zero-order valence-electron chi connectivity index (χ0n) is 9.43. The first kappa shape index (κ1) is 12.9. The molecule has 0 saturated carbocycles. The number of carbonyl (C=O) groups excluding carboxylic acids is 2. The maximum Gasteiger partial charge on any atom is 0.256 e. The van der Waals surface area contributed by atoms with Gasteiger partial charge in [-0.1, -0.05) is 0 Å². The van der Waals surface area contributed by atoms with Gasteiger partial charge in [0.15, 0.2) is 0 Å². The first-order valence-electron chi connectivity index (χ1n) is 4.70. The Morgan fingerprint density at radius 2 is 1.88 bits per heavy atom. The van der Waals surface area contributed by atoms with Gasteiger partial charge in [0.2, 0.25) is 10.0 Å². The fourth-order valence-electron chi connectivity index (χ4n) is 1.24. The molecule has 0 bridgehead atoms. The van der Waals surface area contributed by atoms with Crippen molar-refractivity contribution in [3.63, 3.8) is 0 Å². The summed E-state index contributed by atoms with van der Waals surface area (Å²) in [5.74, 6) is -1.12. The molecular formula is C9H14N2O4S. The Kier molecular flexibility index (Phi) is 3.49. The minimum absolute atomic E-state index is 0.105. The highest BCUT2D eigenvalue weighted by atomic mass is 32.2. The van der Waals surface area contributed by atoms with Crippen molar-refractivity contribution in [1.29, 1.82) is 0 Å². The molecule has 90 valence electrons. The average Bonchev–Trinajstić information content (AvgIpc) is 2.39. The summed E-state index contributed by atoms with van der Waals surface area (Å²) in [5.41, 5.74) is 0.340. The van der Waals surface area contributed by atoms with Crippen LogP contribution in [0.1, 0.15) is 6.92 Å². The molecule has 6 nitrogen and oxygen atoms in total. The maximum atomic E-state index is 11.4. The predicted octanol–water partition coefficient (Wildman–Crippen LogP) is -0.807. The second-order valence-corrected chi connectivity index (χ2v) is 6.02. The molecule has 0 saturated heterocycles. The summed E-state index contributed by atoms with van der Waals surface area (Å²) < 4.78 is 24.0. The maximum absolute atomic E-state index is 11.4. The minimum Gasteiger partial charge on any atom is -0.274 e. The third kappa shape index (κ3) is 2.48. The zero-order valence-corrected chi connectivity index (χ0v) is 10.2. The van der Waals surface area contributed by atoms with Crippen molar-refractivity contribution in [2.75, 3.05) is 26.4 Å². The molecule has 0 fully saturated rings. The van der Waals surface area contributed by atoms with E-state index >= 15 is 0 Å². The number of hydrogen-bond acceptors (Lipinski definition) is 4. The first-order chi connectivity index (χ1) is 7.25. The Hall–Kier alpha value is -1.21. The summed E-state index contributed by atoms with van der Waals surface area (Å²) in [6.07, 6.45) is 1.21. The van der Waals surface area contributed by atoms with Crippen LogP contribution < -0.4 is 0 Å². The van der Waals surface area contributed by atoms with E-state index in [1.165, 1.54) is 27.1 Å². The van der Waals surface area contributed by atoms with Gasteiger partial charge in [-0.15, -0.1) is 0 Å². The van der Waals surface area contributed by atoms with E-state index in [-0.39, 0.29) is 12.3 Å². The van der Waals surface area contributed by atoms with E-state index in [0.717, 1.165) is 9.21 Å². The molecule has 7 heteroatoms. The second-order valence-electron chi connectivity index (χ2n) is 3.72. The molecule has 0 unspecified atom stereocenters. The van der Waals surface area contributed by atoms with Gasteiger partial charge in [0.1, 0.15) is 0 Å². The third-order valence-electron chi connectivity index (χ3n) is 2.32. The van der Waals surface area contributed by atoms with Gasteiger partial charge in [0.05, 0.1) is 5.75 Å². The Labute approximate surface area is 94.6 Å². The molecule has 0 aromatic carbocycles. The number of amides is 2. The van der Waals surface area contributed by atoms with Crippen LogP contribution in [0.15, 0.2) is 11.6 Å². The molecule has 2 amide bonds. The molecule has 0 radical (unpaired) electrons. The molecule has 0 N–H and O–H groups in total. The van der Waals surface area contributed by atoms with Gasteiger partial charge in [-0.2, -0.15) is 0 Å². The van der Waals surface area contributed by atoms with Crippen LogP contribution in [0.2, 0.25) is 0 Å². The Bertz CT molecular complexity index is 450. The molecule has 1 heterocycles. The number of sulfonamides is 1. The van der Waals surface area contributed by atoms with Crippen LogP contribution >= 0.6 is 0 Å². The normalized spacial score (nSPS) is 17.2. The summed E-state index contributed by atoms with van der Waals surface area (Å²) in [5, 5.41) is 0. The van der Waals surface area contributed by atoms with Crippen LogP contribution in [0.3, 0.4) is 0 Å². The molecule has 0 aromatic rings. The first-order valence-corrected chi connectivity index (χ1v) is 6.31. The molecule has 16 heavy (non-hydrogen) atoms. The number of nitrogens with zero attached hydrogens (tertiary/aromatic N) is 2. The Morgan fingerprint density at radius 3 is 2.25 bits per heavy atom. The van der Waals surface area contributed by atoms with E-state index in [4.69, 9.17) is 0 Å². The van der Waals surface area contributed by atoms with Gasteiger partial charge in [-0.25, -0.2) is 12.7 Å². The lowest BCUT2D eigenvalue weighted by molar-refractivity contribution is -0.136. The molecule has 0 spiro atoms. The van der Waals surface area contributed by atoms with Crippen LogP contribution in [0, 0.1) is 0 Å². The van der Waals surface area contributed by atoms with Gasteiger partial charge >= 0.3 is 0 Å². The van der Waals surface area contributed by atoms with Crippen molar-refractivity contribution in [3.8, 4) is 0 Å². The Balaban J connectivity index is 2.66. The van der Waals surface area contributed by atoms with Crippen LogP contribution in [0.4, 0.5) is 0 Å². The van der Waals surface area contributed by atoms with Crippen molar-refractivity contribution in [2.24, 2.45) is 0 Å². The van der Waals surface area contributed by atoms with Gasteiger partial charge in [-0.3, -0.25) is 14.5 Å². The molecule has 1 aliphatic rings. The fraction of sp³-hybridized carbons (Fsp3) is 0.556. The van der Waals surface area contributed by atoms with E-state index in [2.05, 4.69) is 0 Å². The van der Waals surface area contributed by atoms with Crippen LogP contribution in [-0.2, 0) is 19.6 Å². The van der Waals surface area contributed by atoms with Crippen molar-refractivity contribution < 1.29 is 18.0 Å². The topological polar surface area (TPSA) is 74.8 Å². The van der Waals surface area contributed by atoms with E-state index < -0.39 is 21.8 Å². The molecular weight excluding hydrogens is 232 g/mol. The highest BCUT2D eigenvalue weighted by Crippen LogP contribution is 2.11. The molecule has 0 atom stereocenters. The predicted molar refractivity (Wildman–Crippen MR) is 58.0 cm³/mol. The lowest BCUT2D eigenvalue weighted by Gasteiger charge is -2.16. The van der Waals surface area contributed by atoms with Crippen LogP contribution in [0.5, 0.6) is 0 Å². The van der Waals surface area contributed by atoms with Crippen molar-refractivity contribution in [2.45, 2.75) is 6.92 Å². The molecule has 0 aromatic heterocycles. The lowest BCUT2D eigenvalue weighted by Crippen LogP contribution is -2.37. The van der Waals surface area contributed by atoms with E-state index in [1.807, 2.05) is 0 Å². The van der Waals surface area contributed by atoms with E-state index in [9.17, 15) is 18.0 Å². The third-order valence-corrected chi connectivity index (χ3v) is 4.13. The van der Waals surface area contributed by atoms with Gasteiger partial charge in [0.25, 0.3) is 11.8 Å². The molecule has 0 aliphatic carbocycles. The molecule has 1 rings (SSSR count). The largest absolute Gasteiger partial charge is 0.274 e. The molecule has 1 aliphatic heterocycles. The summed E-state index contributed by atoms with van der Waals surface area (Å²) in [4.78, 5) is 23.7. The minimum atomic E-state index is -3.39. The standard InChI is InChI=1S/C9H14N2O4S/c1-7-6-8(12)11(9(7)13)4-5-16(14,15)10(2)3/h6H,4-5H2,1-3H3. The monoisotopic (exact) mass is 246 g/mol. The van der Waals surface area contributed by atoms with Gasteiger partial charge < -0.3 is 0 Å². The Morgan fingerprint density at radius 1 is 1.31 bits per heavy atom. The van der Waals surface area contributed by atoms with Crippen LogP contribution in [0.25, 0.3) is 0 Å². The van der Waals surface area contributed by atoms with Crippen LogP contribution in [-0.4, -0.2) is 55.8 Å². The summed E-state index contributed by atoms with van der Waals surface area (Å²) in [6, 6.07) is 0. The number of carbonyl (C=O) groups is 2. The lowest BCUT2D eigenvalue weighted by atomic mass is 10.3. The highest BCUT2D eigenvalue weighted by molar-refractivity contribution is 7.89. The number of imide groups is 1.